The van der Waals surface area contributed by atoms with Crippen molar-refractivity contribution in [3.8, 4) is 11.5 Å². The van der Waals surface area contributed by atoms with Gasteiger partial charge in [0.1, 0.15) is 11.5 Å². The van der Waals surface area contributed by atoms with Crippen LogP contribution in [0.2, 0.25) is 0 Å². The molecule has 1 aromatic carbocycles. The molecule has 2 rings (SSSR count). The number of ether oxygens (including phenoxy) is 2. The molecule has 0 saturated carbocycles. The van der Waals surface area contributed by atoms with Gasteiger partial charge in [0.15, 0.2) is 0 Å². The van der Waals surface area contributed by atoms with Gasteiger partial charge in [-0.1, -0.05) is 0 Å². The van der Waals surface area contributed by atoms with E-state index in [2.05, 4.69) is 17.3 Å². The van der Waals surface area contributed by atoms with E-state index >= 15 is 0 Å². The number of methoxy groups -OCH3 is 2. The van der Waals surface area contributed by atoms with Crippen LogP contribution in [0.25, 0.3) is 0 Å². The Morgan fingerprint density at radius 2 is 1.88 bits per heavy atom. The molecule has 2 amide bonds. The number of likely N-dealkylation sites (N-methyl/N-ethyl adjacent to an activating group) is 1. The lowest BCUT2D eigenvalue weighted by molar-refractivity contribution is -0.144. The largest absolute Gasteiger partial charge is 0.497 e. The van der Waals surface area contributed by atoms with Crippen LogP contribution in [-0.4, -0.2) is 69.1 Å². The molecule has 1 aliphatic heterocycles. The van der Waals surface area contributed by atoms with E-state index in [4.69, 9.17) is 9.47 Å². The monoisotopic (exact) mass is 335 g/mol. The van der Waals surface area contributed by atoms with E-state index in [-0.39, 0.29) is 6.04 Å². The molecule has 132 valence electrons. The number of benzene rings is 1. The van der Waals surface area contributed by atoms with Gasteiger partial charge in [-0.2, -0.15) is 0 Å². The van der Waals surface area contributed by atoms with Crippen LogP contribution in [0.15, 0.2) is 18.2 Å². The Labute approximate surface area is 142 Å². The number of piperidine rings is 1. The minimum Gasteiger partial charge on any atom is -0.497 e. The van der Waals surface area contributed by atoms with Gasteiger partial charge >= 0.3 is 11.8 Å². The van der Waals surface area contributed by atoms with E-state index in [0.717, 1.165) is 25.9 Å². The normalized spacial score (nSPS) is 15.7. The van der Waals surface area contributed by atoms with Crippen molar-refractivity contribution >= 4 is 17.5 Å². The Bertz CT molecular complexity index is 597. The molecule has 1 fully saturated rings. The van der Waals surface area contributed by atoms with Gasteiger partial charge in [-0.3, -0.25) is 9.59 Å². The average Bonchev–Trinajstić information content (AvgIpc) is 2.60. The quantitative estimate of drug-likeness (QED) is 0.837. The minimum atomic E-state index is -0.678. The summed E-state index contributed by atoms with van der Waals surface area (Å²) in [5.41, 5.74) is 0.409. The molecule has 7 heteroatoms. The zero-order valence-electron chi connectivity index (χ0n) is 14.7. The standard InChI is InChI=1S/C17H25N3O4/c1-19-9-7-12(8-10-19)20(2)17(22)16(21)18-14-11-13(23-3)5-6-15(14)24-4/h5-6,11-12H,7-10H2,1-4H3,(H,18,21). The number of hydrogen-bond donors (Lipinski definition) is 1. The number of hydrogen-bond acceptors (Lipinski definition) is 5. The summed E-state index contributed by atoms with van der Waals surface area (Å²) < 4.78 is 10.4. The van der Waals surface area contributed by atoms with Gasteiger partial charge in [-0.25, -0.2) is 0 Å². The topological polar surface area (TPSA) is 71.1 Å². The van der Waals surface area contributed by atoms with E-state index in [9.17, 15) is 9.59 Å². The first-order valence-corrected chi connectivity index (χ1v) is 7.95. The van der Waals surface area contributed by atoms with Crippen molar-refractivity contribution in [2.75, 3.05) is 46.7 Å². The molecule has 1 aromatic rings. The smallest absolute Gasteiger partial charge is 0.314 e. The number of carbonyl (C=O) groups excluding carboxylic acids is 2. The third kappa shape index (κ3) is 4.17. The summed E-state index contributed by atoms with van der Waals surface area (Å²) in [7, 11) is 6.77. The summed E-state index contributed by atoms with van der Waals surface area (Å²) in [6.07, 6.45) is 1.74. The fraction of sp³-hybridized carbons (Fsp3) is 0.529. The van der Waals surface area contributed by atoms with E-state index < -0.39 is 11.8 Å². The van der Waals surface area contributed by atoms with Gasteiger partial charge in [-0.15, -0.1) is 0 Å². The molecular formula is C17H25N3O4. The lowest BCUT2D eigenvalue weighted by Gasteiger charge is -2.34. The van der Waals surface area contributed by atoms with Crippen molar-refractivity contribution in [2.45, 2.75) is 18.9 Å². The van der Waals surface area contributed by atoms with Gasteiger partial charge in [-0.05, 0) is 45.1 Å². The van der Waals surface area contributed by atoms with Gasteiger partial charge in [0.25, 0.3) is 0 Å². The zero-order chi connectivity index (χ0) is 17.7. The summed E-state index contributed by atoms with van der Waals surface area (Å²) in [4.78, 5) is 28.5. The molecule has 1 saturated heterocycles. The van der Waals surface area contributed by atoms with E-state index in [1.54, 1.807) is 25.2 Å². The summed E-state index contributed by atoms with van der Waals surface area (Å²) in [6.45, 7) is 1.85. The van der Waals surface area contributed by atoms with Gasteiger partial charge in [0.05, 0.1) is 19.9 Å². The molecule has 0 aliphatic carbocycles. The molecule has 0 radical (unpaired) electrons. The Kier molecular flexibility index (Phi) is 6.03. The highest BCUT2D eigenvalue weighted by molar-refractivity contribution is 6.39. The molecule has 0 atom stereocenters. The third-order valence-corrected chi connectivity index (χ3v) is 4.41. The predicted molar refractivity (Wildman–Crippen MR) is 91.5 cm³/mol. The van der Waals surface area contributed by atoms with Crippen LogP contribution in [0.3, 0.4) is 0 Å². The molecule has 24 heavy (non-hydrogen) atoms. The van der Waals surface area contributed by atoms with E-state index in [1.165, 1.54) is 19.1 Å². The second-order valence-electron chi connectivity index (χ2n) is 5.97. The average molecular weight is 335 g/mol. The van der Waals surface area contributed by atoms with Crippen molar-refractivity contribution in [3.05, 3.63) is 18.2 Å². The summed E-state index contributed by atoms with van der Waals surface area (Å²) in [5.74, 6) is -0.182. The second-order valence-corrected chi connectivity index (χ2v) is 5.97. The summed E-state index contributed by atoms with van der Waals surface area (Å²) in [5, 5.41) is 2.62. The SMILES string of the molecule is COc1ccc(OC)c(NC(=O)C(=O)N(C)C2CCN(C)CC2)c1. The molecule has 1 N–H and O–H groups in total. The predicted octanol–water partition coefficient (Wildman–Crippen LogP) is 1.19. The zero-order valence-corrected chi connectivity index (χ0v) is 14.7. The second kappa shape index (κ2) is 8.01. The molecule has 0 aromatic heterocycles. The number of likely N-dealkylation sites (tertiary alicyclic amines) is 1. The van der Waals surface area contributed by atoms with E-state index in [1.807, 2.05) is 0 Å². The van der Waals surface area contributed by atoms with Crippen molar-refractivity contribution in [1.29, 1.82) is 0 Å². The van der Waals surface area contributed by atoms with Crippen LogP contribution in [0.1, 0.15) is 12.8 Å². The molecule has 0 spiro atoms. The van der Waals surface area contributed by atoms with Crippen LogP contribution in [0.4, 0.5) is 5.69 Å². The Balaban J connectivity index is 2.04. The van der Waals surface area contributed by atoms with Crippen LogP contribution in [0.5, 0.6) is 11.5 Å². The van der Waals surface area contributed by atoms with Crippen LogP contribution in [0, 0.1) is 0 Å². The lowest BCUT2D eigenvalue weighted by Crippen LogP contribution is -2.47. The first-order valence-electron chi connectivity index (χ1n) is 7.95. The number of carbonyl (C=O) groups is 2. The maximum atomic E-state index is 12.4. The Hall–Kier alpha value is -2.28. The lowest BCUT2D eigenvalue weighted by atomic mass is 10.0. The molecule has 1 aliphatic rings. The Morgan fingerprint density at radius 1 is 1.21 bits per heavy atom. The summed E-state index contributed by atoms with van der Waals surface area (Å²) in [6, 6.07) is 5.12. The summed E-state index contributed by atoms with van der Waals surface area (Å²) >= 11 is 0. The van der Waals surface area contributed by atoms with Crippen LogP contribution in [-0.2, 0) is 9.59 Å². The van der Waals surface area contributed by atoms with Gasteiger partial charge < -0.3 is 24.6 Å². The third-order valence-electron chi connectivity index (χ3n) is 4.41. The maximum Gasteiger partial charge on any atom is 0.314 e. The molecule has 7 nitrogen and oxygen atoms in total. The van der Waals surface area contributed by atoms with Crippen molar-refractivity contribution < 1.29 is 19.1 Å². The Morgan fingerprint density at radius 3 is 2.46 bits per heavy atom. The highest BCUT2D eigenvalue weighted by Crippen LogP contribution is 2.29. The number of nitrogens with one attached hydrogen (secondary N) is 1. The highest BCUT2D eigenvalue weighted by Gasteiger charge is 2.28. The number of amides is 2. The van der Waals surface area contributed by atoms with Gasteiger partial charge in [0, 0.05) is 19.2 Å². The van der Waals surface area contributed by atoms with Crippen molar-refractivity contribution in [1.82, 2.24) is 9.80 Å². The van der Waals surface area contributed by atoms with Crippen molar-refractivity contribution in [3.63, 3.8) is 0 Å². The molecule has 0 unspecified atom stereocenters. The first kappa shape index (κ1) is 18.1. The van der Waals surface area contributed by atoms with Gasteiger partial charge in [0.2, 0.25) is 0 Å². The number of nitrogens with zero attached hydrogens (tertiary/aromatic N) is 2. The first-order chi connectivity index (χ1) is 11.5. The minimum absolute atomic E-state index is 0.0895. The number of anilines is 1. The fourth-order valence-electron chi connectivity index (χ4n) is 2.80. The highest BCUT2D eigenvalue weighted by atomic mass is 16.5. The van der Waals surface area contributed by atoms with Crippen LogP contribution < -0.4 is 14.8 Å². The maximum absolute atomic E-state index is 12.4. The van der Waals surface area contributed by atoms with Crippen molar-refractivity contribution in [2.24, 2.45) is 0 Å². The fourth-order valence-corrected chi connectivity index (χ4v) is 2.80. The van der Waals surface area contributed by atoms with Crippen LogP contribution >= 0.6 is 0 Å². The van der Waals surface area contributed by atoms with E-state index in [0.29, 0.717) is 17.2 Å². The molecular weight excluding hydrogens is 310 g/mol. The molecule has 1 heterocycles. The molecule has 0 bridgehead atoms. The number of rotatable bonds is 4.